The Hall–Kier alpha value is -1.26. The monoisotopic (exact) mass is 269 g/mol. The Morgan fingerprint density at radius 2 is 2.28 bits per heavy atom. The zero-order valence-corrected chi connectivity index (χ0v) is 10.9. The first-order valence-corrected chi connectivity index (χ1v) is 6.39. The van der Waals surface area contributed by atoms with Gasteiger partial charge in [0.05, 0.1) is 11.1 Å². The summed E-state index contributed by atoms with van der Waals surface area (Å²) in [7, 11) is 0. The van der Waals surface area contributed by atoms with Gasteiger partial charge in [0.2, 0.25) is 0 Å². The van der Waals surface area contributed by atoms with Crippen LogP contribution in [0.25, 0.3) is 0 Å². The summed E-state index contributed by atoms with van der Waals surface area (Å²) in [5.41, 5.74) is 0.456. The van der Waals surface area contributed by atoms with E-state index >= 15 is 0 Å². The Balaban J connectivity index is 1.87. The number of amides is 1. The van der Waals surface area contributed by atoms with Gasteiger partial charge in [0, 0.05) is 18.2 Å². The molecule has 0 heterocycles. The molecule has 1 aliphatic carbocycles. The van der Waals surface area contributed by atoms with Crippen LogP contribution >= 0.6 is 11.6 Å². The Kier molecular flexibility index (Phi) is 4.09. The third-order valence-electron chi connectivity index (χ3n) is 3.04. The second kappa shape index (κ2) is 5.59. The third-order valence-corrected chi connectivity index (χ3v) is 3.35. The lowest BCUT2D eigenvalue weighted by molar-refractivity contribution is -0.00862. The predicted octanol–water partition coefficient (Wildman–Crippen LogP) is 2.34. The molecule has 0 atom stereocenters. The largest absolute Gasteiger partial charge is 0.506 e. The number of phenols is 1. The molecule has 0 unspecified atom stereocenters. The maximum absolute atomic E-state index is 11.9. The minimum Gasteiger partial charge on any atom is -0.506 e. The maximum Gasteiger partial charge on any atom is 0.251 e. The predicted molar refractivity (Wildman–Crippen MR) is 69.0 cm³/mol. The van der Waals surface area contributed by atoms with Crippen molar-refractivity contribution >= 4 is 17.5 Å². The molecule has 2 N–H and O–H groups in total. The van der Waals surface area contributed by atoms with E-state index in [0.717, 1.165) is 12.8 Å². The molecule has 1 aromatic carbocycles. The van der Waals surface area contributed by atoms with Crippen molar-refractivity contribution in [3.63, 3.8) is 0 Å². The van der Waals surface area contributed by atoms with Crippen LogP contribution in [-0.4, -0.2) is 29.8 Å². The molecular formula is C13H16ClNO3. The first kappa shape index (κ1) is 13.2. The van der Waals surface area contributed by atoms with Crippen LogP contribution < -0.4 is 5.32 Å². The lowest BCUT2D eigenvalue weighted by atomic mass is 9.89. The Morgan fingerprint density at radius 1 is 1.56 bits per heavy atom. The number of benzene rings is 1. The number of phenolic OH excluding ortho intramolecular Hbond substituents is 1. The normalized spacial score (nSPS) is 22.3. The Morgan fingerprint density at radius 3 is 2.89 bits per heavy atom. The van der Waals surface area contributed by atoms with Crippen molar-refractivity contribution in [3.8, 4) is 5.75 Å². The van der Waals surface area contributed by atoms with Crippen LogP contribution in [0.5, 0.6) is 5.75 Å². The van der Waals surface area contributed by atoms with Crippen molar-refractivity contribution < 1.29 is 14.6 Å². The fourth-order valence-electron chi connectivity index (χ4n) is 1.97. The highest BCUT2D eigenvalue weighted by atomic mass is 35.5. The highest BCUT2D eigenvalue weighted by molar-refractivity contribution is 6.32. The van der Waals surface area contributed by atoms with E-state index < -0.39 is 0 Å². The van der Waals surface area contributed by atoms with E-state index in [4.69, 9.17) is 16.3 Å². The van der Waals surface area contributed by atoms with Crippen molar-refractivity contribution in [3.05, 3.63) is 28.8 Å². The van der Waals surface area contributed by atoms with Gasteiger partial charge in [-0.15, -0.1) is 0 Å². The highest BCUT2D eigenvalue weighted by Gasteiger charge is 2.30. The molecule has 0 spiro atoms. The van der Waals surface area contributed by atoms with Crippen LogP contribution in [0.2, 0.25) is 5.02 Å². The van der Waals surface area contributed by atoms with Gasteiger partial charge in [-0.05, 0) is 38.0 Å². The van der Waals surface area contributed by atoms with Gasteiger partial charge in [0.1, 0.15) is 5.75 Å². The summed E-state index contributed by atoms with van der Waals surface area (Å²) in [6.07, 6.45) is 1.97. The lowest BCUT2D eigenvalue weighted by Crippen LogP contribution is -2.47. The number of halogens is 1. The number of hydrogen-bond donors (Lipinski definition) is 2. The standard InChI is InChI=1S/C13H16ClNO3/c1-2-18-10-6-9(7-10)15-13(17)8-3-4-12(16)11(14)5-8/h3-5,9-10,16H,2,6-7H2,1H3,(H,15,17). The van der Waals surface area contributed by atoms with Crippen LogP contribution in [0.3, 0.4) is 0 Å². The molecule has 1 aliphatic rings. The Labute approximate surface area is 111 Å². The van der Waals surface area contributed by atoms with E-state index in [1.165, 1.54) is 12.1 Å². The number of carbonyl (C=O) groups is 1. The first-order valence-electron chi connectivity index (χ1n) is 6.01. The fourth-order valence-corrected chi connectivity index (χ4v) is 2.15. The maximum atomic E-state index is 11.9. The van der Waals surface area contributed by atoms with Crippen LogP contribution in [-0.2, 0) is 4.74 Å². The van der Waals surface area contributed by atoms with E-state index in [2.05, 4.69) is 5.32 Å². The molecule has 0 saturated heterocycles. The van der Waals surface area contributed by atoms with Crippen molar-refractivity contribution in [2.75, 3.05) is 6.61 Å². The molecular weight excluding hydrogens is 254 g/mol. The second-order valence-corrected chi connectivity index (χ2v) is 4.79. The summed E-state index contributed by atoms with van der Waals surface area (Å²) in [6, 6.07) is 4.60. The minimum absolute atomic E-state index is 0.0201. The first-order chi connectivity index (χ1) is 8.60. The smallest absolute Gasteiger partial charge is 0.251 e. The van der Waals surface area contributed by atoms with Crippen LogP contribution in [0.4, 0.5) is 0 Å². The van der Waals surface area contributed by atoms with Gasteiger partial charge in [0.25, 0.3) is 5.91 Å². The fraction of sp³-hybridized carbons (Fsp3) is 0.462. The number of ether oxygens (including phenoxy) is 1. The quantitative estimate of drug-likeness (QED) is 0.882. The van der Waals surface area contributed by atoms with Crippen LogP contribution in [0, 0.1) is 0 Å². The number of rotatable bonds is 4. The molecule has 0 aromatic heterocycles. The highest BCUT2D eigenvalue weighted by Crippen LogP contribution is 2.25. The topological polar surface area (TPSA) is 58.6 Å². The minimum atomic E-state index is -0.170. The molecule has 4 nitrogen and oxygen atoms in total. The van der Waals surface area contributed by atoms with E-state index in [1.807, 2.05) is 6.92 Å². The number of carbonyl (C=O) groups excluding carboxylic acids is 1. The van der Waals surface area contributed by atoms with Crippen molar-refractivity contribution in [2.45, 2.75) is 31.9 Å². The Bertz CT molecular complexity index is 444. The summed E-state index contributed by atoms with van der Waals surface area (Å²) < 4.78 is 5.42. The zero-order valence-electron chi connectivity index (χ0n) is 10.1. The molecule has 0 bridgehead atoms. The van der Waals surface area contributed by atoms with Gasteiger partial charge in [-0.25, -0.2) is 0 Å². The molecule has 2 rings (SSSR count). The molecule has 1 fully saturated rings. The molecule has 0 aliphatic heterocycles. The molecule has 5 heteroatoms. The summed E-state index contributed by atoms with van der Waals surface area (Å²) >= 11 is 5.76. The van der Waals surface area contributed by atoms with E-state index in [9.17, 15) is 9.90 Å². The average Bonchev–Trinajstić information content (AvgIpc) is 2.30. The van der Waals surface area contributed by atoms with E-state index in [0.29, 0.717) is 12.2 Å². The van der Waals surface area contributed by atoms with Gasteiger partial charge in [0.15, 0.2) is 0 Å². The van der Waals surface area contributed by atoms with Crippen molar-refractivity contribution in [1.29, 1.82) is 0 Å². The van der Waals surface area contributed by atoms with Gasteiger partial charge < -0.3 is 15.2 Å². The SMILES string of the molecule is CCOC1CC(NC(=O)c2ccc(O)c(Cl)c2)C1. The van der Waals surface area contributed by atoms with Crippen molar-refractivity contribution in [1.82, 2.24) is 5.32 Å². The number of aromatic hydroxyl groups is 1. The van der Waals surface area contributed by atoms with Crippen LogP contribution in [0.1, 0.15) is 30.1 Å². The lowest BCUT2D eigenvalue weighted by Gasteiger charge is -2.35. The van der Waals surface area contributed by atoms with Gasteiger partial charge in [-0.1, -0.05) is 11.6 Å². The molecule has 1 aromatic rings. The summed E-state index contributed by atoms with van der Waals surface area (Å²) in [4.78, 5) is 11.9. The van der Waals surface area contributed by atoms with E-state index in [-0.39, 0.29) is 28.8 Å². The second-order valence-electron chi connectivity index (χ2n) is 4.39. The molecule has 98 valence electrons. The number of hydrogen-bond acceptors (Lipinski definition) is 3. The van der Waals surface area contributed by atoms with Gasteiger partial charge >= 0.3 is 0 Å². The molecule has 0 radical (unpaired) electrons. The summed E-state index contributed by atoms with van der Waals surface area (Å²) in [5.74, 6) is -0.190. The van der Waals surface area contributed by atoms with Gasteiger partial charge in [-0.3, -0.25) is 4.79 Å². The molecule has 1 amide bonds. The average molecular weight is 270 g/mol. The van der Waals surface area contributed by atoms with Crippen molar-refractivity contribution in [2.24, 2.45) is 0 Å². The molecule has 1 saturated carbocycles. The summed E-state index contributed by atoms with van der Waals surface area (Å²) in [5, 5.41) is 12.4. The third kappa shape index (κ3) is 2.94. The zero-order chi connectivity index (χ0) is 13.1. The van der Waals surface area contributed by atoms with Gasteiger partial charge in [-0.2, -0.15) is 0 Å². The molecule has 18 heavy (non-hydrogen) atoms. The number of nitrogens with one attached hydrogen (secondary N) is 1. The van der Waals surface area contributed by atoms with Crippen LogP contribution in [0.15, 0.2) is 18.2 Å². The van der Waals surface area contributed by atoms with E-state index in [1.54, 1.807) is 6.07 Å². The summed E-state index contributed by atoms with van der Waals surface area (Å²) in [6.45, 7) is 2.67.